The second-order valence-corrected chi connectivity index (χ2v) is 10.3. The van der Waals surface area contributed by atoms with Gasteiger partial charge in [-0.05, 0) is 89.8 Å². The third-order valence-electron chi connectivity index (χ3n) is 5.71. The van der Waals surface area contributed by atoms with Crippen molar-refractivity contribution in [2.24, 2.45) is 0 Å². The minimum absolute atomic E-state index is 0.160. The molecule has 1 aliphatic heterocycles. The molecule has 0 aromatic heterocycles. The highest BCUT2D eigenvalue weighted by Gasteiger charge is 2.34. The maximum atomic E-state index is 12.9. The Bertz CT molecular complexity index is 1350. The van der Waals surface area contributed by atoms with Gasteiger partial charge in [-0.2, -0.15) is 0 Å². The van der Waals surface area contributed by atoms with E-state index >= 15 is 0 Å². The lowest BCUT2D eigenvalue weighted by Gasteiger charge is -2.17. The Morgan fingerprint density at radius 2 is 1.73 bits per heavy atom. The number of nitrogens with zero attached hydrogens (tertiary/aromatic N) is 1. The highest BCUT2D eigenvalue weighted by molar-refractivity contribution is 8.18. The Labute approximate surface area is 225 Å². The Morgan fingerprint density at radius 3 is 2.41 bits per heavy atom. The molecule has 1 heterocycles. The third kappa shape index (κ3) is 6.61. The van der Waals surface area contributed by atoms with Gasteiger partial charge >= 0.3 is 5.97 Å². The van der Waals surface area contributed by atoms with Gasteiger partial charge in [0.25, 0.3) is 11.1 Å². The zero-order chi connectivity index (χ0) is 26.5. The number of amides is 2. The maximum Gasteiger partial charge on any atom is 0.343 e. The molecule has 8 heteroatoms. The smallest absolute Gasteiger partial charge is 0.343 e. The monoisotopic (exact) mass is 535 g/mol. The van der Waals surface area contributed by atoms with Crippen molar-refractivity contribution in [2.75, 3.05) is 13.2 Å². The normalized spacial score (nSPS) is 14.5. The van der Waals surface area contributed by atoms with Crippen molar-refractivity contribution >= 4 is 46.6 Å². The van der Waals surface area contributed by atoms with Crippen molar-refractivity contribution in [1.82, 2.24) is 4.90 Å². The molecule has 1 saturated heterocycles. The van der Waals surface area contributed by atoms with Gasteiger partial charge in [0, 0.05) is 5.02 Å². The van der Waals surface area contributed by atoms with Gasteiger partial charge in [-0.25, -0.2) is 4.79 Å². The van der Waals surface area contributed by atoms with E-state index < -0.39 is 5.97 Å². The lowest BCUT2D eigenvalue weighted by Crippen LogP contribution is -2.32. The summed E-state index contributed by atoms with van der Waals surface area (Å²) in [6.07, 6.45) is 1.65. The van der Waals surface area contributed by atoms with Crippen LogP contribution in [0.3, 0.4) is 0 Å². The fourth-order valence-corrected chi connectivity index (χ4v) is 4.71. The van der Waals surface area contributed by atoms with Crippen molar-refractivity contribution in [3.05, 3.63) is 98.9 Å². The van der Waals surface area contributed by atoms with Crippen LogP contribution >= 0.6 is 23.4 Å². The molecule has 0 spiro atoms. The summed E-state index contributed by atoms with van der Waals surface area (Å²) in [7, 11) is 0. The van der Waals surface area contributed by atoms with E-state index in [0.29, 0.717) is 32.7 Å². The molecule has 2 amide bonds. The SMILES string of the molecule is Cc1ccc(C(C)C)c(OCCN2C(=O)S/C(=C\c3ccc(OC(=O)c4ccc(Cl)cc4)cc3)C2=O)c1. The number of ether oxygens (including phenoxy) is 2. The summed E-state index contributed by atoms with van der Waals surface area (Å²) in [5.41, 5.74) is 3.25. The van der Waals surface area contributed by atoms with Gasteiger partial charge in [0.1, 0.15) is 18.1 Å². The van der Waals surface area contributed by atoms with Crippen molar-refractivity contribution in [1.29, 1.82) is 0 Å². The Kier molecular flexibility index (Phi) is 8.36. The molecule has 6 nitrogen and oxygen atoms in total. The zero-order valence-corrected chi connectivity index (χ0v) is 22.3. The molecular formula is C29H26ClNO5S. The molecule has 3 aromatic carbocycles. The van der Waals surface area contributed by atoms with E-state index in [0.717, 1.165) is 28.6 Å². The Morgan fingerprint density at radius 1 is 1.03 bits per heavy atom. The molecule has 0 atom stereocenters. The zero-order valence-electron chi connectivity index (χ0n) is 20.7. The largest absolute Gasteiger partial charge is 0.491 e. The van der Waals surface area contributed by atoms with Gasteiger partial charge in [-0.1, -0.05) is 49.7 Å². The molecule has 0 N–H and O–H groups in total. The van der Waals surface area contributed by atoms with E-state index in [-0.39, 0.29) is 24.3 Å². The molecule has 1 fully saturated rings. The summed E-state index contributed by atoms with van der Waals surface area (Å²) in [5.74, 6) is 0.570. The predicted molar refractivity (Wildman–Crippen MR) is 146 cm³/mol. The molecule has 190 valence electrons. The van der Waals surface area contributed by atoms with Crippen LogP contribution in [0.15, 0.2) is 71.6 Å². The molecule has 0 bridgehead atoms. The number of hydrogen-bond acceptors (Lipinski definition) is 6. The number of aryl methyl sites for hydroxylation is 1. The fraction of sp³-hybridized carbons (Fsp3) is 0.207. The van der Waals surface area contributed by atoms with E-state index in [1.54, 1.807) is 54.6 Å². The predicted octanol–water partition coefficient (Wildman–Crippen LogP) is 7.11. The summed E-state index contributed by atoms with van der Waals surface area (Å²) in [6.45, 7) is 6.55. The number of hydrogen-bond donors (Lipinski definition) is 0. The standard InChI is InChI=1S/C29H26ClNO5S/c1-18(2)24-13-4-19(3)16-25(24)35-15-14-31-27(32)26(37-29(31)34)17-20-5-11-23(12-6-20)36-28(33)21-7-9-22(30)10-8-21/h4-13,16-18H,14-15H2,1-3H3/b26-17-. The van der Waals surface area contributed by atoms with Crippen LogP contribution in [0.1, 0.15) is 46.8 Å². The van der Waals surface area contributed by atoms with Crippen LogP contribution < -0.4 is 9.47 Å². The topological polar surface area (TPSA) is 72.9 Å². The fourth-order valence-electron chi connectivity index (χ4n) is 3.72. The first-order valence-electron chi connectivity index (χ1n) is 11.8. The number of halogens is 1. The molecule has 37 heavy (non-hydrogen) atoms. The van der Waals surface area contributed by atoms with Crippen molar-refractivity contribution < 1.29 is 23.9 Å². The average molecular weight is 536 g/mol. The van der Waals surface area contributed by atoms with E-state index in [1.165, 1.54) is 4.90 Å². The van der Waals surface area contributed by atoms with Crippen LogP contribution in [0.4, 0.5) is 4.79 Å². The van der Waals surface area contributed by atoms with Crippen molar-refractivity contribution in [3.63, 3.8) is 0 Å². The minimum Gasteiger partial charge on any atom is -0.491 e. The van der Waals surface area contributed by atoms with Crippen LogP contribution in [0.25, 0.3) is 6.08 Å². The summed E-state index contributed by atoms with van der Waals surface area (Å²) in [4.78, 5) is 39.2. The van der Waals surface area contributed by atoms with E-state index in [2.05, 4.69) is 13.8 Å². The maximum absolute atomic E-state index is 12.9. The number of carbonyl (C=O) groups excluding carboxylic acids is 3. The van der Waals surface area contributed by atoms with Crippen LogP contribution in [-0.4, -0.2) is 35.2 Å². The molecule has 4 rings (SSSR count). The first-order valence-corrected chi connectivity index (χ1v) is 13.0. The second-order valence-electron chi connectivity index (χ2n) is 8.84. The van der Waals surface area contributed by atoms with E-state index in [9.17, 15) is 14.4 Å². The highest BCUT2D eigenvalue weighted by atomic mass is 35.5. The van der Waals surface area contributed by atoms with Crippen LogP contribution in [-0.2, 0) is 4.79 Å². The number of thioether (sulfide) groups is 1. The second kappa shape index (κ2) is 11.7. The van der Waals surface area contributed by atoms with Gasteiger partial charge in [-0.15, -0.1) is 0 Å². The number of benzene rings is 3. The third-order valence-corrected chi connectivity index (χ3v) is 6.86. The van der Waals surface area contributed by atoms with E-state index in [1.807, 2.05) is 25.1 Å². The summed E-state index contributed by atoms with van der Waals surface area (Å²) in [5, 5.41) is 0.200. The van der Waals surface area contributed by atoms with Gasteiger partial charge in [0.2, 0.25) is 0 Å². The molecule has 0 unspecified atom stereocenters. The Balaban J connectivity index is 1.36. The lowest BCUT2D eigenvalue weighted by molar-refractivity contribution is -0.123. The summed E-state index contributed by atoms with van der Waals surface area (Å²) < 4.78 is 11.3. The van der Waals surface area contributed by atoms with Gasteiger partial charge in [0.15, 0.2) is 0 Å². The first-order chi connectivity index (χ1) is 17.7. The number of esters is 1. The first kappa shape index (κ1) is 26.5. The van der Waals surface area contributed by atoms with Crippen LogP contribution in [0.2, 0.25) is 5.02 Å². The molecule has 3 aromatic rings. The summed E-state index contributed by atoms with van der Waals surface area (Å²) >= 11 is 6.74. The quantitative estimate of drug-likeness (QED) is 0.174. The van der Waals surface area contributed by atoms with Crippen molar-refractivity contribution in [3.8, 4) is 11.5 Å². The van der Waals surface area contributed by atoms with Crippen LogP contribution in [0, 0.1) is 6.92 Å². The van der Waals surface area contributed by atoms with Gasteiger partial charge < -0.3 is 9.47 Å². The van der Waals surface area contributed by atoms with Gasteiger partial charge in [-0.3, -0.25) is 14.5 Å². The van der Waals surface area contributed by atoms with E-state index in [4.69, 9.17) is 21.1 Å². The van der Waals surface area contributed by atoms with Gasteiger partial charge in [0.05, 0.1) is 17.0 Å². The van der Waals surface area contributed by atoms with Crippen molar-refractivity contribution in [2.45, 2.75) is 26.7 Å². The molecule has 0 saturated carbocycles. The molecular weight excluding hydrogens is 510 g/mol. The molecule has 1 aliphatic rings. The number of rotatable bonds is 8. The number of imide groups is 1. The summed E-state index contributed by atoms with van der Waals surface area (Å²) in [6, 6.07) is 19.2. The highest BCUT2D eigenvalue weighted by Crippen LogP contribution is 2.33. The Hall–Kier alpha value is -3.55. The minimum atomic E-state index is -0.501. The number of carbonyl (C=O) groups is 3. The lowest BCUT2D eigenvalue weighted by atomic mass is 10.0. The average Bonchev–Trinajstić information content (AvgIpc) is 3.12. The molecule has 0 radical (unpaired) electrons. The molecule has 0 aliphatic carbocycles. The van der Waals surface area contributed by atoms with Crippen LogP contribution in [0.5, 0.6) is 11.5 Å².